The van der Waals surface area contributed by atoms with Crippen molar-refractivity contribution in [3.05, 3.63) is 39.4 Å². The van der Waals surface area contributed by atoms with Gasteiger partial charge in [0.15, 0.2) is 0 Å². The fourth-order valence-corrected chi connectivity index (χ4v) is 1.60. The first-order valence-electron chi connectivity index (χ1n) is 6.10. The summed E-state index contributed by atoms with van der Waals surface area (Å²) >= 11 is 0. The zero-order chi connectivity index (χ0) is 14.4. The van der Waals surface area contributed by atoms with Crippen LogP contribution in [-0.4, -0.2) is 16.5 Å². The van der Waals surface area contributed by atoms with Crippen LogP contribution in [-0.2, 0) is 0 Å². The number of rotatable bonds is 5. The van der Waals surface area contributed by atoms with Gasteiger partial charge in [-0.05, 0) is 31.9 Å². The van der Waals surface area contributed by atoms with Gasteiger partial charge in [-0.25, -0.2) is 5.43 Å². The van der Waals surface area contributed by atoms with Crippen molar-refractivity contribution < 1.29 is 9.72 Å². The maximum Gasteiger partial charge on any atom is 0.272 e. The maximum absolute atomic E-state index is 11.8. The van der Waals surface area contributed by atoms with Gasteiger partial charge in [0.05, 0.1) is 4.92 Å². The van der Waals surface area contributed by atoms with Crippen LogP contribution >= 0.6 is 0 Å². The number of nitro groups is 1. The van der Waals surface area contributed by atoms with Gasteiger partial charge in [-0.3, -0.25) is 14.9 Å². The molecule has 0 saturated carbocycles. The molecule has 0 aromatic heterocycles. The van der Waals surface area contributed by atoms with E-state index in [2.05, 4.69) is 10.5 Å². The van der Waals surface area contributed by atoms with Gasteiger partial charge in [-0.15, -0.1) is 0 Å². The first-order valence-corrected chi connectivity index (χ1v) is 6.10. The molecule has 0 atom stereocenters. The van der Waals surface area contributed by atoms with E-state index >= 15 is 0 Å². The standard InChI is InChI=1S/C13H17N3O3/c1-4-11(5-2)14-15-13(17)10-6-7-12(16(18)19)9(3)8-10/h6-8H,4-5H2,1-3H3,(H,15,17). The molecule has 0 aliphatic carbocycles. The summed E-state index contributed by atoms with van der Waals surface area (Å²) in [5, 5.41) is 14.7. The fourth-order valence-electron chi connectivity index (χ4n) is 1.60. The second kappa shape index (κ2) is 6.63. The van der Waals surface area contributed by atoms with E-state index < -0.39 is 4.92 Å². The first kappa shape index (κ1) is 14.8. The average molecular weight is 263 g/mol. The van der Waals surface area contributed by atoms with E-state index in [0.717, 1.165) is 18.6 Å². The van der Waals surface area contributed by atoms with Gasteiger partial charge in [0.2, 0.25) is 0 Å². The van der Waals surface area contributed by atoms with Crippen molar-refractivity contribution in [3.63, 3.8) is 0 Å². The fraction of sp³-hybridized carbons (Fsp3) is 0.385. The van der Waals surface area contributed by atoms with Gasteiger partial charge in [0.1, 0.15) is 0 Å². The van der Waals surface area contributed by atoms with Crippen molar-refractivity contribution in [2.45, 2.75) is 33.6 Å². The lowest BCUT2D eigenvalue weighted by atomic mass is 10.1. The number of benzene rings is 1. The highest BCUT2D eigenvalue weighted by Gasteiger charge is 2.13. The van der Waals surface area contributed by atoms with E-state index in [9.17, 15) is 14.9 Å². The molecule has 0 saturated heterocycles. The van der Waals surface area contributed by atoms with E-state index in [1.54, 1.807) is 6.92 Å². The van der Waals surface area contributed by atoms with Crippen LogP contribution in [0, 0.1) is 17.0 Å². The van der Waals surface area contributed by atoms with Crippen LogP contribution in [0.1, 0.15) is 42.6 Å². The zero-order valence-electron chi connectivity index (χ0n) is 11.3. The molecule has 6 heteroatoms. The molecule has 1 N–H and O–H groups in total. The van der Waals surface area contributed by atoms with Gasteiger partial charge in [0, 0.05) is 22.9 Å². The highest BCUT2D eigenvalue weighted by Crippen LogP contribution is 2.18. The number of aryl methyl sites for hydroxylation is 1. The van der Waals surface area contributed by atoms with Crippen LogP contribution in [0.15, 0.2) is 23.3 Å². The molecule has 0 fully saturated rings. The SMILES string of the molecule is CCC(CC)=NNC(=O)c1ccc([N+](=O)[O-])c(C)c1. The summed E-state index contributed by atoms with van der Waals surface area (Å²) in [5.74, 6) is -0.364. The monoisotopic (exact) mass is 263 g/mol. The van der Waals surface area contributed by atoms with Gasteiger partial charge < -0.3 is 0 Å². The number of hydrazone groups is 1. The Morgan fingerprint density at radius 3 is 2.47 bits per heavy atom. The highest BCUT2D eigenvalue weighted by molar-refractivity contribution is 5.95. The largest absolute Gasteiger partial charge is 0.272 e. The number of hydrogen-bond donors (Lipinski definition) is 1. The van der Waals surface area contributed by atoms with Crippen LogP contribution in [0.4, 0.5) is 5.69 Å². The number of amides is 1. The van der Waals surface area contributed by atoms with Gasteiger partial charge >= 0.3 is 0 Å². The lowest BCUT2D eigenvalue weighted by Crippen LogP contribution is -2.19. The van der Waals surface area contributed by atoms with E-state index in [4.69, 9.17) is 0 Å². The molecule has 0 aliphatic rings. The summed E-state index contributed by atoms with van der Waals surface area (Å²) in [6.07, 6.45) is 1.55. The Bertz CT molecular complexity index is 518. The summed E-state index contributed by atoms with van der Waals surface area (Å²) in [7, 11) is 0. The molecule has 0 bridgehead atoms. The minimum absolute atomic E-state index is 0.00265. The number of nitrogens with one attached hydrogen (secondary N) is 1. The van der Waals surface area contributed by atoms with Crippen molar-refractivity contribution in [3.8, 4) is 0 Å². The molecule has 1 amide bonds. The predicted octanol–water partition coefficient (Wildman–Crippen LogP) is 2.81. The quantitative estimate of drug-likeness (QED) is 0.503. The Morgan fingerprint density at radius 1 is 1.37 bits per heavy atom. The van der Waals surface area contributed by atoms with E-state index in [1.807, 2.05) is 13.8 Å². The molecule has 0 unspecified atom stereocenters. The van der Waals surface area contributed by atoms with Crippen LogP contribution < -0.4 is 5.43 Å². The molecular weight excluding hydrogens is 246 g/mol. The van der Waals surface area contributed by atoms with Gasteiger partial charge in [-0.2, -0.15) is 5.10 Å². The van der Waals surface area contributed by atoms with Crippen molar-refractivity contribution >= 4 is 17.3 Å². The molecule has 1 aromatic carbocycles. The maximum atomic E-state index is 11.8. The highest BCUT2D eigenvalue weighted by atomic mass is 16.6. The van der Waals surface area contributed by atoms with Crippen molar-refractivity contribution in [1.82, 2.24) is 5.43 Å². The molecule has 0 heterocycles. The van der Waals surface area contributed by atoms with Gasteiger partial charge in [0.25, 0.3) is 11.6 Å². The molecule has 0 spiro atoms. The smallest absolute Gasteiger partial charge is 0.267 e. The summed E-state index contributed by atoms with van der Waals surface area (Å²) < 4.78 is 0. The number of hydrogen-bond acceptors (Lipinski definition) is 4. The third-order valence-electron chi connectivity index (χ3n) is 2.79. The molecular formula is C13H17N3O3. The molecule has 19 heavy (non-hydrogen) atoms. The summed E-state index contributed by atoms with van der Waals surface area (Å²) in [6.45, 7) is 5.52. The van der Waals surface area contributed by atoms with Crippen molar-refractivity contribution in [2.24, 2.45) is 5.10 Å². The second-order valence-corrected chi connectivity index (χ2v) is 4.08. The average Bonchev–Trinajstić information content (AvgIpc) is 2.39. The van der Waals surface area contributed by atoms with Crippen LogP contribution in [0.5, 0.6) is 0 Å². The van der Waals surface area contributed by atoms with Crippen LogP contribution in [0.2, 0.25) is 0 Å². The Kier molecular flexibility index (Phi) is 5.17. The van der Waals surface area contributed by atoms with Crippen molar-refractivity contribution in [2.75, 3.05) is 0 Å². The zero-order valence-corrected chi connectivity index (χ0v) is 11.3. The summed E-state index contributed by atoms with van der Waals surface area (Å²) in [5.41, 5.74) is 4.17. The lowest BCUT2D eigenvalue weighted by Gasteiger charge is -2.04. The molecule has 1 aromatic rings. The molecule has 0 aliphatic heterocycles. The Labute approximate surface area is 111 Å². The molecule has 0 radical (unpaired) electrons. The second-order valence-electron chi connectivity index (χ2n) is 4.08. The number of carbonyl (C=O) groups excluding carboxylic acids is 1. The molecule has 1 rings (SSSR count). The third kappa shape index (κ3) is 3.87. The third-order valence-corrected chi connectivity index (χ3v) is 2.79. The normalized spacial score (nSPS) is 9.84. The van der Waals surface area contributed by atoms with Crippen molar-refractivity contribution in [1.29, 1.82) is 0 Å². The van der Waals surface area contributed by atoms with E-state index in [-0.39, 0.29) is 11.6 Å². The Hall–Kier alpha value is -2.24. The predicted molar refractivity (Wildman–Crippen MR) is 73.3 cm³/mol. The Morgan fingerprint density at radius 2 is 2.00 bits per heavy atom. The van der Waals surface area contributed by atoms with Gasteiger partial charge in [-0.1, -0.05) is 13.8 Å². The molecule has 102 valence electrons. The molecule has 6 nitrogen and oxygen atoms in total. The van der Waals surface area contributed by atoms with Crippen LogP contribution in [0.25, 0.3) is 0 Å². The topological polar surface area (TPSA) is 84.6 Å². The minimum Gasteiger partial charge on any atom is -0.267 e. The lowest BCUT2D eigenvalue weighted by molar-refractivity contribution is -0.385. The number of nitro benzene ring substituents is 1. The van der Waals surface area contributed by atoms with E-state index in [0.29, 0.717) is 11.1 Å². The minimum atomic E-state index is -0.471. The first-order chi connectivity index (χ1) is 8.99. The number of carbonyl (C=O) groups is 1. The number of nitrogens with zero attached hydrogens (tertiary/aromatic N) is 2. The summed E-state index contributed by atoms with van der Waals surface area (Å²) in [6, 6.07) is 4.24. The summed E-state index contributed by atoms with van der Waals surface area (Å²) in [4.78, 5) is 22.0. The van der Waals surface area contributed by atoms with Crippen LogP contribution in [0.3, 0.4) is 0 Å². The Balaban J connectivity index is 2.87. The van der Waals surface area contributed by atoms with E-state index in [1.165, 1.54) is 18.2 Å².